The first-order valence-electron chi connectivity index (χ1n) is 4.12. The fourth-order valence-electron chi connectivity index (χ4n) is 1.34. The maximum absolute atomic E-state index is 5.32. The molecule has 6 heteroatoms. The number of hydrogen-bond acceptors (Lipinski definition) is 4. The molecule has 0 aliphatic carbocycles. The van der Waals surface area contributed by atoms with E-state index in [2.05, 4.69) is 15.0 Å². The van der Waals surface area contributed by atoms with Gasteiger partial charge in [0.2, 0.25) is 0 Å². The largest absolute Gasteiger partial charge is 0.680 e. The van der Waals surface area contributed by atoms with Crippen LogP contribution in [0.15, 0.2) is 31.0 Å². The smallest absolute Gasteiger partial charge is 0.519 e. The summed E-state index contributed by atoms with van der Waals surface area (Å²) in [5, 5.41) is 0. The Morgan fingerprint density at radius 3 is 3.36 bits per heavy atom. The van der Waals surface area contributed by atoms with E-state index in [4.69, 9.17) is 4.65 Å². The van der Waals surface area contributed by atoms with E-state index in [1.807, 2.05) is 12.3 Å². The molecule has 5 nitrogen and oxygen atoms in total. The third kappa shape index (κ3) is 0.969. The number of hydrogen-bond donors (Lipinski definition) is 0. The van der Waals surface area contributed by atoms with E-state index in [9.17, 15) is 0 Å². The van der Waals surface area contributed by atoms with Gasteiger partial charge in [-0.1, -0.05) is 0 Å². The van der Waals surface area contributed by atoms with Gasteiger partial charge < -0.3 is 4.65 Å². The minimum Gasteiger partial charge on any atom is -0.519 e. The van der Waals surface area contributed by atoms with Crippen LogP contribution in [0.4, 0.5) is 0 Å². The van der Waals surface area contributed by atoms with Crippen molar-refractivity contribution in [3.8, 4) is 17.3 Å². The molecular weight excluding hydrogens is 179 g/mol. The molecule has 65 valence electrons. The SMILES string of the molecule is [B]1Oc2cncnc2-c2nccc[n+]21. The monoisotopic (exact) mass is 184 g/mol. The molecule has 0 amide bonds. The predicted molar refractivity (Wildman–Crippen MR) is 47.2 cm³/mol. The van der Waals surface area contributed by atoms with Crippen LogP contribution in [0.2, 0.25) is 0 Å². The first-order chi connectivity index (χ1) is 6.95. The van der Waals surface area contributed by atoms with Crippen molar-refractivity contribution in [2.75, 3.05) is 0 Å². The molecular formula is C8H5BN4O+. The quantitative estimate of drug-likeness (QED) is 0.522. The summed E-state index contributed by atoms with van der Waals surface area (Å²) < 4.78 is 7.10. The van der Waals surface area contributed by atoms with Crippen LogP contribution in [0.5, 0.6) is 5.75 Å². The molecule has 0 atom stereocenters. The number of nitrogens with zero attached hydrogens (tertiary/aromatic N) is 4. The van der Waals surface area contributed by atoms with Crippen LogP contribution in [-0.2, 0) is 0 Å². The molecule has 2 aromatic heterocycles. The van der Waals surface area contributed by atoms with Gasteiger partial charge in [-0.05, 0) is 4.98 Å². The summed E-state index contributed by atoms with van der Waals surface area (Å²) >= 11 is 0. The van der Waals surface area contributed by atoms with Gasteiger partial charge in [-0.15, -0.1) is 0 Å². The van der Waals surface area contributed by atoms with Crippen molar-refractivity contribution in [2.45, 2.75) is 0 Å². The van der Waals surface area contributed by atoms with Gasteiger partial charge in [0, 0.05) is 6.07 Å². The number of fused-ring (bicyclic) bond motifs is 3. The first kappa shape index (κ1) is 7.43. The topological polar surface area (TPSA) is 51.8 Å². The minimum absolute atomic E-state index is 0.631. The molecule has 0 fully saturated rings. The lowest BCUT2D eigenvalue weighted by molar-refractivity contribution is -0.531. The molecule has 14 heavy (non-hydrogen) atoms. The predicted octanol–water partition coefficient (Wildman–Crippen LogP) is -0.399. The highest BCUT2D eigenvalue weighted by atomic mass is 16.4. The van der Waals surface area contributed by atoms with Crippen molar-refractivity contribution in [2.24, 2.45) is 0 Å². The second kappa shape index (κ2) is 2.76. The van der Waals surface area contributed by atoms with E-state index in [0.29, 0.717) is 11.4 Å². The van der Waals surface area contributed by atoms with E-state index in [1.165, 1.54) is 6.33 Å². The molecule has 0 unspecified atom stereocenters. The zero-order chi connectivity index (χ0) is 9.38. The van der Waals surface area contributed by atoms with Gasteiger partial charge in [0.15, 0.2) is 11.4 Å². The average molecular weight is 184 g/mol. The summed E-state index contributed by atoms with van der Waals surface area (Å²) in [7, 11) is 1.58. The van der Waals surface area contributed by atoms with Gasteiger partial charge in [0.1, 0.15) is 12.5 Å². The van der Waals surface area contributed by atoms with E-state index in [-0.39, 0.29) is 0 Å². The summed E-state index contributed by atoms with van der Waals surface area (Å²) in [6, 6.07) is 1.83. The van der Waals surface area contributed by atoms with Gasteiger partial charge in [-0.25, -0.2) is 9.97 Å². The lowest BCUT2D eigenvalue weighted by atomic mass is 10.1. The Hall–Kier alpha value is -1.98. The van der Waals surface area contributed by atoms with E-state index < -0.39 is 0 Å². The van der Waals surface area contributed by atoms with Gasteiger partial charge in [-0.2, -0.15) is 0 Å². The second-order valence-corrected chi connectivity index (χ2v) is 2.81. The van der Waals surface area contributed by atoms with Crippen molar-refractivity contribution in [3.05, 3.63) is 31.0 Å². The van der Waals surface area contributed by atoms with Crippen molar-refractivity contribution in [1.82, 2.24) is 15.0 Å². The lowest BCUT2D eigenvalue weighted by Crippen LogP contribution is -2.48. The van der Waals surface area contributed by atoms with Crippen molar-refractivity contribution in [1.29, 1.82) is 0 Å². The summed E-state index contributed by atoms with van der Waals surface area (Å²) in [5.74, 6) is 1.39. The highest BCUT2D eigenvalue weighted by Crippen LogP contribution is 2.23. The lowest BCUT2D eigenvalue weighted by Gasteiger charge is -2.11. The van der Waals surface area contributed by atoms with E-state index >= 15 is 0 Å². The molecule has 1 aliphatic rings. The maximum Gasteiger partial charge on any atom is 0.680 e. The molecule has 0 saturated carbocycles. The molecule has 1 radical (unpaired) electrons. The maximum atomic E-state index is 5.32. The molecule has 0 N–H and O–H groups in total. The standard InChI is InChI=1S/C8H5BN4O/c1-2-11-8-7-6(4-10-5-12-7)14-9-13(8)3-1/h1-5H/q+1. The molecule has 2 aromatic rings. The molecule has 3 heterocycles. The Morgan fingerprint density at radius 1 is 1.36 bits per heavy atom. The Kier molecular flexibility index (Phi) is 1.47. The molecule has 1 aliphatic heterocycles. The van der Waals surface area contributed by atoms with Crippen LogP contribution >= 0.6 is 0 Å². The van der Waals surface area contributed by atoms with Crippen LogP contribution in [0, 0.1) is 0 Å². The minimum atomic E-state index is 0.631. The molecule has 3 rings (SSSR count). The highest BCUT2D eigenvalue weighted by molar-refractivity contribution is 6.18. The Morgan fingerprint density at radius 2 is 2.36 bits per heavy atom. The van der Waals surface area contributed by atoms with Crippen LogP contribution < -0.4 is 9.13 Å². The molecule has 0 spiro atoms. The van der Waals surface area contributed by atoms with Gasteiger partial charge in [0.25, 0.3) is 0 Å². The Bertz CT molecular complexity index is 445. The summed E-state index contributed by atoms with van der Waals surface area (Å²) in [4.78, 5) is 12.2. The summed E-state index contributed by atoms with van der Waals surface area (Å²) in [6.45, 7) is 0. The highest BCUT2D eigenvalue weighted by Gasteiger charge is 2.28. The van der Waals surface area contributed by atoms with Crippen LogP contribution in [0.1, 0.15) is 0 Å². The van der Waals surface area contributed by atoms with Crippen LogP contribution in [-0.4, -0.2) is 22.6 Å². The zero-order valence-electron chi connectivity index (χ0n) is 7.16. The van der Waals surface area contributed by atoms with Gasteiger partial charge in [0.05, 0.1) is 12.4 Å². The van der Waals surface area contributed by atoms with Crippen molar-refractivity contribution < 1.29 is 9.13 Å². The average Bonchev–Trinajstić information content (AvgIpc) is 2.29. The van der Waals surface area contributed by atoms with Gasteiger partial charge >= 0.3 is 13.4 Å². The molecule has 0 bridgehead atoms. The Labute approximate surface area is 80.7 Å². The van der Waals surface area contributed by atoms with Crippen LogP contribution in [0.3, 0.4) is 0 Å². The fraction of sp³-hybridized carbons (Fsp3) is 0. The zero-order valence-corrected chi connectivity index (χ0v) is 7.16. The summed E-state index contributed by atoms with van der Waals surface area (Å²) in [5.41, 5.74) is 0.711. The van der Waals surface area contributed by atoms with E-state index in [1.54, 1.807) is 24.5 Å². The van der Waals surface area contributed by atoms with Gasteiger partial charge in [-0.3, -0.25) is 4.48 Å². The first-order valence-corrected chi connectivity index (χ1v) is 4.12. The van der Waals surface area contributed by atoms with E-state index in [0.717, 1.165) is 5.82 Å². The summed E-state index contributed by atoms with van der Waals surface area (Å²) in [6.07, 6.45) is 6.67. The third-order valence-electron chi connectivity index (χ3n) is 1.96. The normalized spacial score (nSPS) is 12.0. The fourth-order valence-corrected chi connectivity index (χ4v) is 1.34. The second-order valence-electron chi connectivity index (χ2n) is 2.81. The number of rotatable bonds is 0. The van der Waals surface area contributed by atoms with Crippen LogP contribution in [0.25, 0.3) is 11.5 Å². The molecule has 0 aromatic carbocycles. The Balaban J connectivity index is 2.29. The van der Waals surface area contributed by atoms with Crippen molar-refractivity contribution in [3.63, 3.8) is 0 Å². The van der Waals surface area contributed by atoms with Crippen molar-refractivity contribution >= 4 is 7.62 Å². The number of aromatic nitrogens is 4. The third-order valence-corrected chi connectivity index (χ3v) is 1.96. The molecule has 0 saturated heterocycles.